The molecule has 76 valence electrons. The van der Waals surface area contributed by atoms with Crippen molar-refractivity contribution in [1.29, 1.82) is 0 Å². The van der Waals surface area contributed by atoms with E-state index in [1.54, 1.807) is 0 Å². The average molecular weight is 181 g/mol. The molecule has 13 heavy (non-hydrogen) atoms. The van der Waals surface area contributed by atoms with Crippen LogP contribution in [0.25, 0.3) is 0 Å². The highest BCUT2D eigenvalue weighted by atomic mass is 15.2. The predicted molar refractivity (Wildman–Crippen MR) is 56.8 cm³/mol. The summed E-state index contributed by atoms with van der Waals surface area (Å²) in [6, 6.07) is 0. The minimum Gasteiger partial charge on any atom is -0.300 e. The van der Waals surface area contributed by atoms with Crippen molar-refractivity contribution in [3.63, 3.8) is 0 Å². The molecule has 1 aliphatic carbocycles. The molecule has 0 unspecified atom stereocenters. The Balaban J connectivity index is 2.37. The van der Waals surface area contributed by atoms with Crippen LogP contribution in [0.5, 0.6) is 0 Å². The maximum atomic E-state index is 2.62. The molecular weight excluding hydrogens is 158 g/mol. The van der Waals surface area contributed by atoms with Gasteiger partial charge in [-0.1, -0.05) is 27.7 Å². The van der Waals surface area contributed by atoms with E-state index in [0.717, 1.165) is 0 Å². The third kappa shape index (κ3) is 0.869. The topological polar surface area (TPSA) is 3.24 Å². The van der Waals surface area contributed by atoms with E-state index in [4.69, 9.17) is 0 Å². The molecule has 1 nitrogen and oxygen atoms in total. The molecule has 0 aromatic heterocycles. The van der Waals surface area contributed by atoms with E-state index in [-0.39, 0.29) is 0 Å². The van der Waals surface area contributed by atoms with Gasteiger partial charge in [-0.3, -0.25) is 4.90 Å². The van der Waals surface area contributed by atoms with E-state index in [1.165, 1.54) is 25.8 Å². The first-order valence-electron chi connectivity index (χ1n) is 5.55. The van der Waals surface area contributed by atoms with Gasteiger partial charge in [0, 0.05) is 5.54 Å². The molecule has 2 rings (SSSR count). The molecular formula is C12H23N. The molecule has 1 heteroatoms. The van der Waals surface area contributed by atoms with Crippen LogP contribution in [0.3, 0.4) is 0 Å². The molecule has 0 radical (unpaired) electrons. The first-order valence-corrected chi connectivity index (χ1v) is 5.55. The fourth-order valence-electron chi connectivity index (χ4n) is 4.87. The van der Waals surface area contributed by atoms with Gasteiger partial charge in [0.25, 0.3) is 0 Å². The molecule has 0 aromatic rings. The molecule has 2 aliphatic rings. The molecule has 1 aliphatic heterocycles. The summed E-state index contributed by atoms with van der Waals surface area (Å²) < 4.78 is 0. The Kier molecular flexibility index (Phi) is 1.69. The zero-order valence-electron chi connectivity index (χ0n) is 9.78. The highest BCUT2D eigenvalue weighted by molar-refractivity contribution is 5.21. The second-order valence-corrected chi connectivity index (χ2v) is 6.33. The van der Waals surface area contributed by atoms with Gasteiger partial charge in [-0.15, -0.1) is 0 Å². The van der Waals surface area contributed by atoms with Gasteiger partial charge < -0.3 is 0 Å². The lowest BCUT2D eigenvalue weighted by molar-refractivity contribution is -0.178. The van der Waals surface area contributed by atoms with Crippen LogP contribution in [0.15, 0.2) is 0 Å². The van der Waals surface area contributed by atoms with Crippen LogP contribution in [0, 0.1) is 10.8 Å². The summed E-state index contributed by atoms with van der Waals surface area (Å²) in [5, 5.41) is 0. The fourth-order valence-corrected chi connectivity index (χ4v) is 4.87. The molecule has 0 amide bonds. The minimum atomic E-state index is 0.500. The van der Waals surface area contributed by atoms with Gasteiger partial charge in [0.05, 0.1) is 0 Å². The van der Waals surface area contributed by atoms with Gasteiger partial charge in [-0.25, -0.2) is 0 Å². The van der Waals surface area contributed by atoms with Crippen molar-refractivity contribution in [3.8, 4) is 0 Å². The van der Waals surface area contributed by atoms with Crippen LogP contribution < -0.4 is 0 Å². The van der Waals surface area contributed by atoms with Crippen LogP contribution in [0.2, 0.25) is 0 Å². The van der Waals surface area contributed by atoms with E-state index in [1.807, 2.05) is 0 Å². The average Bonchev–Trinajstić information content (AvgIpc) is 2.30. The van der Waals surface area contributed by atoms with E-state index in [9.17, 15) is 0 Å². The number of nitrogens with zero attached hydrogens (tertiary/aromatic N) is 1. The van der Waals surface area contributed by atoms with Crippen molar-refractivity contribution >= 4 is 0 Å². The van der Waals surface area contributed by atoms with E-state index >= 15 is 0 Å². The molecule has 0 bridgehead atoms. The first kappa shape index (κ1) is 9.51. The van der Waals surface area contributed by atoms with Gasteiger partial charge >= 0.3 is 0 Å². The lowest BCUT2D eigenvalue weighted by atomic mass is 9.42. The Morgan fingerprint density at radius 1 is 1.00 bits per heavy atom. The first-order chi connectivity index (χ1) is 5.83. The third-order valence-electron chi connectivity index (χ3n) is 4.81. The summed E-state index contributed by atoms with van der Waals surface area (Å²) in [5.41, 5.74) is 1.56. The molecule has 1 heterocycles. The second kappa shape index (κ2) is 2.31. The van der Waals surface area contributed by atoms with Crippen LogP contribution in [0.1, 0.15) is 47.0 Å². The van der Waals surface area contributed by atoms with Crippen molar-refractivity contribution in [1.82, 2.24) is 4.90 Å². The smallest absolute Gasteiger partial charge is 0.0309 e. The number of rotatable bonds is 0. The summed E-state index contributed by atoms with van der Waals surface area (Å²) in [5.74, 6) is 0. The Hall–Kier alpha value is -0.0400. The Bertz CT molecular complexity index is 213. The largest absolute Gasteiger partial charge is 0.300 e. The van der Waals surface area contributed by atoms with E-state index < -0.39 is 0 Å². The van der Waals surface area contributed by atoms with Crippen LogP contribution in [-0.4, -0.2) is 24.0 Å². The van der Waals surface area contributed by atoms with Crippen LogP contribution >= 0.6 is 0 Å². The van der Waals surface area contributed by atoms with Gasteiger partial charge in [-0.2, -0.15) is 0 Å². The highest BCUT2D eigenvalue weighted by Crippen LogP contribution is 2.67. The maximum Gasteiger partial charge on any atom is 0.0309 e. The Labute approximate surface area is 82.5 Å². The number of hydrogen-bond donors (Lipinski definition) is 0. The lowest BCUT2D eigenvalue weighted by Gasteiger charge is -2.69. The molecule has 0 aromatic carbocycles. The van der Waals surface area contributed by atoms with Gasteiger partial charge in [-0.05, 0) is 43.7 Å². The SMILES string of the molecule is CN1CCCC12C(C)(C)CC2(C)C. The maximum absolute atomic E-state index is 2.62. The normalized spacial score (nSPS) is 34.8. The summed E-state index contributed by atoms with van der Waals surface area (Å²) in [4.78, 5) is 2.62. The van der Waals surface area contributed by atoms with Crippen LogP contribution in [-0.2, 0) is 0 Å². The van der Waals surface area contributed by atoms with Crippen molar-refractivity contribution in [2.24, 2.45) is 10.8 Å². The standard InChI is InChI=1S/C12H23N/c1-10(2)9-11(3,4)12(10)7-6-8-13(12)5/h6-9H2,1-5H3. The predicted octanol–water partition coefficient (Wildman–Crippen LogP) is 2.91. The zero-order valence-corrected chi connectivity index (χ0v) is 9.78. The lowest BCUT2D eigenvalue weighted by Crippen LogP contribution is -2.71. The highest BCUT2D eigenvalue weighted by Gasteiger charge is 2.67. The molecule has 1 spiro atoms. The van der Waals surface area contributed by atoms with Crippen molar-refractivity contribution in [2.45, 2.75) is 52.5 Å². The van der Waals surface area contributed by atoms with E-state index in [2.05, 4.69) is 39.6 Å². The van der Waals surface area contributed by atoms with Crippen molar-refractivity contribution in [2.75, 3.05) is 13.6 Å². The van der Waals surface area contributed by atoms with Crippen molar-refractivity contribution in [3.05, 3.63) is 0 Å². The summed E-state index contributed by atoms with van der Waals surface area (Å²) in [6.45, 7) is 11.1. The minimum absolute atomic E-state index is 0.500. The molecule has 0 N–H and O–H groups in total. The Morgan fingerprint density at radius 2 is 1.54 bits per heavy atom. The van der Waals surface area contributed by atoms with Gasteiger partial charge in [0.1, 0.15) is 0 Å². The molecule has 2 fully saturated rings. The summed E-state index contributed by atoms with van der Waals surface area (Å²) in [7, 11) is 2.32. The zero-order chi connectivity index (χ0) is 9.91. The molecule has 0 atom stereocenters. The van der Waals surface area contributed by atoms with Crippen molar-refractivity contribution < 1.29 is 0 Å². The number of hydrogen-bond acceptors (Lipinski definition) is 1. The summed E-state index contributed by atoms with van der Waals surface area (Å²) in [6.07, 6.45) is 4.18. The second-order valence-electron chi connectivity index (χ2n) is 6.33. The summed E-state index contributed by atoms with van der Waals surface area (Å²) >= 11 is 0. The van der Waals surface area contributed by atoms with Gasteiger partial charge in [0.2, 0.25) is 0 Å². The molecule has 1 saturated carbocycles. The fraction of sp³-hybridized carbons (Fsp3) is 1.00. The Morgan fingerprint density at radius 3 is 1.77 bits per heavy atom. The van der Waals surface area contributed by atoms with E-state index in [0.29, 0.717) is 16.4 Å². The quantitative estimate of drug-likeness (QED) is 0.555. The van der Waals surface area contributed by atoms with Crippen LogP contribution in [0.4, 0.5) is 0 Å². The monoisotopic (exact) mass is 181 g/mol. The number of likely N-dealkylation sites (tertiary alicyclic amines) is 1. The molecule has 1 saturated heterocycles. The van der Waals surface area contributed by atoms with Gasteiger partial charge in [0.15, 0.2) is 0 Å². The third-order valence-corrected chi connectivity index (χ3v) is 4.81.